The predicted molar refractivity (Wildman–Crippen MR) is 75.9 cm³/mol. The first-order chi connectivity index (χ1) is 9.95. The quantitative estimate of drug-likeness (QED) is 0.837. The Balaban J connectivity index is 2.21. The zero-order valence-corrected chi connectivity index (χ0v) is 12.0. The molecule has 0 aliphatic heterocycles. The lowest BCUT2D eigenvalue weighted by molar-refractivity contribution is -0.137. The summed E-state index contributed by atoms with van der Waals surface area (Å²) in [6.45, 7) is 4.89. The molecule has 0 saturated heterocycles. The number of benzene rings is 1. The van der Waals surface area contributed by atoms with Crippen LogP contribution in [0.4, 0.5) is 13.2 Å². The van der Waals surface area contributed by atoms with Gasteiger partial charge in [-0.25, -0.2) is 0 Å². The van der Waals surface area contributed by atoms with E-state index >= 15 is 0 Å². The maximum atomic E-state index is 12.5. The van der Waals surface area contributed by atoms with Gasteiger partial charge in [-0.3, -0.25) is 0 Å². The van der Waals surface area contributed by atoms with Crippen molar-refractivity contribution in [2.45, 2.75) is 32.5 Å². The molecule has 1 aromatic heterocycles. The Morgan fingerprint density at radius 2 is 1.71 bits per heavy atom. The number of nitrogens with one attached hydrogen (secondary N) is 1. The van der Waals surface area contributed by atoms with Gasteiger partial charge in [0.15, 0.2) is 0 Å². The third-order valence-electron chi connectivity index (χ3n) is 3.33. The number of furan rings is 1. The minimum atomic E-state index is -4.31. The number of rotatable bonds is 5. The molecule has 0 fully saturated rings. The second kappa shape index (κ2) is 6.35. The topological polar surface area (TPSA) is 25.2 Å². The first-order valence-electron chi connectivity index (χ1n) is 6.96. The number of alkyl halides is 3. The van der Waals surface area contributed by atoms with Gasteiger partial charge in [0, 0.05) is 5.56 Å². The first kappa shape index (κ1) is 15.6. The Kier molecular flexibility index (Phi) is 4.73. The molecular weight excluding hydrogens is 279 g/mol. The van der Waals surface area contributed by atoms with Crippen molar-refractivity contribution in [2.24, 2.45) is 0 Å². The summed E-state index contributed by atoms with van der Waals surface area (Å²) in [5, 5.41) is 3.30. The molecule has 2 nitrogen and oxygen atoms in total. The zero-order chi connectivity index (χ0) is 15.5. The molecular formula is C16H18F3NO. The third kappa shape index (κ3) is 3.67. The second-order valence-corrected chi connectivity index (χ2v) is 4.80. The van der Waals surface area contributed by atoms with Crippen LogP contribution in [-0.4, -0.2) is 6.54 Å². The van der Waals surface area contributed by atoms with Gasteiger partial charge >= 0.3 is 6.18 Å². The lowest BCUT2D eigenvalue weighted by Gasteiger charge is -2.12. The molecule has 0 aliphatic rings. The summed E-state index contributed by atoms with van der Waals surface area (Å²) in [5.74, 6) is 1.38. The Morgan fingerprint density at radius 1 is 1.05 bits per heavy atom. The summed E-state index contributed by atoms with van der Waals surface area (Å²) in [4.78, 5) is 0. The molecule has 2 aromatic rings. The van der Waals surface area contributed by atoms with Gasteiger partial charge in [0.1, 0.15) is 11.5 Å². The largest absolute Gasteiger partial charge is 0.459 e. The minimum Gasteiger partial charge on any atom is -0.459 e. The van der Waals surface area contributed by atoms with E-state index in [0.29, 0.717) is 11.3 Å². The molecule has 1 unspecified atom stereocenters. The van der Waals surface area contributed by atoms with Gasteiger partial charge in [-0.1, -0.05) is 26.0 Å². The third-order valence-corrected chi connectivity index (χ3v) is 3.33. The molecule has 0 amide bonds. The molecule has 5 heteroatoms. The average Bonchev–Trinajstić information content (AvgIpc) is 2.93. The fraction of sp³-hybridized carbons (Fsp3) is 0.375. The van der Waals surface area contributed by atoms with E-state index in [0.717, 1.165) is 30.9 Å². The van der Waals surface area contributed by atoms with E-state index in [2.05, 4.69) is 5.32 Å². The molecule has 0 bridgehead atoms. The molecule has 21 heavy (non-hydrogen) atoms. The monoisotopic (exact) mass is 297 g/mol. The lowest BCUT2D eigenvalue weighted by Crippen LogP contribution is -2.19. The van der Waals surface area contributed by atoms with Crippen molar-refractivity contribution in [1.82, 2.24) is 5.32 Å². The van der Waals surface area contributed by atoms with Gasteiger partial charge in [0.25, 0.3) is 0 Å². The summed E-state index contributed by atoms with van der Waals surface area (Å²) >= 11 is 0. The highest BCUT2D eigenvalue weighted by atomic mass is 19.4. The summed E-state index contributed by atoms with van der Waals surface area (Å²) in [6, 6.07) is 8.78. The molecule has 1 atom stereocenters. The van der Waals surface area contributed by atoms with Crippen molar-refractivity contribution in [3.8, 4) is 11.3 Å². The van der Waals surface area contributed by atoms with Crippen molar-refractivity contribution in [2.75, 3.05) is 6.54 Å². The van der Waals surface area contributed by atoms with E-state index in [1.54, 1.807) is 6.07 Å². The fourth-order valence-electron chi connectivity index (χ4n) is 2.21. The highest BCUT2D eigenvalue weighted by molar-refractivity contribution is 5.58. The molecule has 2 rings (SSSR count). The van der Waals surface area contributed by atoms with E-state index in [-0.39, 0.29) is 6.04 Å². The summed E-state index contributed by atoms with van der Waals surface area (Å²) in [6.07, 6.45) is -3.43. The Hall–Kier alpha value is -1.75. The van der Waals surface area contributed by atoms with Crippen molar-refractivity contribution >= 4 is 0 Å². The average molecular weight is 297 g/mol. The van der Waals surface area contributed by atoms with Crippen LogP contribution >= 0.6 is 0 Å². The normalized spacial score (nSPS) is 13.4. The van der Waals surface area contributed by atoms with Crippen LogP contribution < -0.4 is 5.32 Å². The zero-order valence-electron chi connectivity index (χ0n) is 12.0. The highest BCUT2D eigenvalue weighted by Gasteiger charge is 2.30. The van der Waals surface area contributed by atoms with Gasteiger partial charge in [0.05, 0.1) is 11.6 Å². The standard InChI is InChI=1S/C16H18F3NO/c1-3-13(20-4-2)15-10-9-14(21-15)11-5-7-12(8-6-11)16(17,18)19/h5-10,13,20H,3-4H2,1-2H3. The number of halogens is 3. The Bertz CT molecular complexity index is 572. The number of hydrogen-bond donors (Lipinski definition) is 1. The Morgan fingerprint density at radius 3 is 2.24 bits per heavy atom. The maximum Gasteiger partial charge on any atom is 0.416 e. The van der Waals surface area contributed by atoms with Crippen molar-refractivity contribution < 1.29 is 17.6 Å². The van der Waals surface area contributed by atoms with Crippen molar-refractivity contribution in [3.63, 3.8) is 0 Å². The van der Waals surface area contributed by atoms with Crippen LogP contribution in [-0.2, 0) is 6.18 Å². The molecule has 114 valence electrons. The van der Waals surface area contributed by atoms with Crippen LogP contribution in [0.15, 0.2) is 40.8 Å². The van der Waals surface area contributed by atoms with Crippen LogP contribution in [0, 0.1) is 0 Å². The first-order valence-corrected chi connectivity index (χ1v) is 6.96. The van der Waals surface area contributed by atoms with E-state index in [9.17, 15) is 13.2 Å². The van der Waals surface area contributed by atoms with Gasteiger partial charge in [0.2, 0.25) is 0 Å². The highest BCUT2D eigenvalue weighted by Crippen LogP contribution is 2.32. The van der Waals surface area contributed by atoms with Gasteiger partial charge in [-0.2, -0.15) is 13.2 Å². The summed E-state index contributed by atoms with van der Waals surface area (Å²) < 4.78 is 43.3. The van der Waals surface area contributed by atoms with E-state index in [1.165, 1.54) is 12.1 Å². The molecule has 1 N–H and O–H groups in total. The van der Waals surface area contributed by atoms with Gasteiger partial charge < -0.3 is 9.73 Å². The van der Waals surface area contributed by atoms with Crippen molar-refractivity contribution in [3.05, 3.63) is 47.7 Å². The van der Waals surface area contributed by atoms with Crippen LogP contribution in [0.25, 0.3) is 11.3 Å². The van der Waals surface area contributed by atoms with Gasteiger partial charge in [-0.15, -0.1) is 0 Å². The smallest absolute Gasteiger partial charge is 0.416 e. The fourth-order valence-corrected chi connectivity index (χ4v) is 2.21. The summed E-state index contributed by atoms with van der Waals surface area (Å²) in [7, 11) is 0. The molecule has 0 spiro atoms. The van der Waals surface area contributed by atoms with Crippen LogP contribution in [0.5, 0.6) is 0 Å². The SMILES string of the molecule is CCNC(CC)c1ccc(-c2ccc(C(F)(F)F)cc2)o1. The second-order valence-electron chi connectivity index (χ2n) is 4.80. The van der Waals surface area contributed by atoms with E-state index in [4.69, 9.17) is 4.42 Å². The Labute approximate surface area is 122 Å². The lowest BCUT2D eigenvalue weighted by atomic mass is 10.1. The van der Waals surface area contributed by atoms with E-state index in [1.807, 2.05) is 19.9 Å². The number of hydrogen-bond acceptors (Lipinski definition) is 2. The predicted octanol–water partition coefficient (Wildman–Crippen LogP) is 5.03. The molecule has 1 heterocycles. The molecule has 1 aromatic carbocycles. The summed E-state index contributed by atoms with van der Waals surface area (Å²) in [5.41, 5.74) is -0.0160. The van der Waals surface area contributed by atoms with Crippen LogP contribution in [0.2, 0.25) is 0 Å². The van der Waals surface area contributed by atoms with E-state index < -0.39 is 11.7 Å². The maximum absolute atomic E-state index is 12.5. The van der Waals surface area contributed by atoms with Crippen LogP contribution in [0.1, 0.15) is 37.6 Å². The van der Waals surface area contributed by atoms with Crippen molar-refractivity contribution in [1.29, 1.82) is 0 Å². The molecule has 0 saturated carbocycles. The van der Waals surface area contributed by atoms with Gasteiger partial charge in [-0.05, 0) is 37.2 Å². The minimum absolute atomic E-state index is 0.123. The van der Waals surface area contributed by atoms with Crippen LogP contribution in [0.3, 0.4) is 0 Å². The molecule has 0 aliphatic carbocycles. The molecule has 0 radical (unpaired) electrons.